The third-order valence-corrected chi connectivity index (χ3v) is 0. The fraction of sp³-hybridized carbons (Fsp3) is 0. The number of hydrogen-bond donors (Lipinski definition) is 0. The van der Waals surface area contributed by atoms with Crippen molar-refractivity contribution in [1.82, 2.24) is 0 Å². The van der Waals surface area contributed by atoms with Gasteiger partial charge in [-0.3, -0.25) is 0 Å². The molecule has 0 fully saturated rings. The summed E-state index contributed by atoms with van der Waals surface area (Å²) in [5.41, 5.74) is 0. The van der Waals surface area contributed by atoms with Crippen LogP contribution < -0.4 is 0 Å². The summed E-state index contributed by atoms with van der Waals surface area (Å²) in [4.78, 5) is 0. The summed E-state index contributed by atoms with van der Waals surface area (Å²) in [6.07, 6.45) is 0. The van der Waals surface area contributed by atoms with E-state index in [9.17, 15) is 16.4 Å². The monoisotopic (exact) mass is 168 g/mol. The van der Waals surface area contributed by atoms with Gasteiger partial charge in [-0.05, 0) is 0 Å². The van der Waals surface area contributed by atoms with Crippen LogP contribution in [0, 0.1) is 0 Å². The van der Waals surface area contributed by atoms with Gasteiger partial charge in [0.15, 0.2) is 0 Å². The Kier molecular flexibility index (Phi) is 4.37. The van der Waals surface area contributed by atoms with E-state index < -0.39 is 9.41 Å². The number of hydrogen-bond acceptors (Lipinski definition) is 0. The summed E-state index contributed by atoms with van der Waals surface area (Å²) in [5.74, 6) is 0. The van der Waals surface area contributed by atoms with Gasteiger partial charge in [-0.15, -0.1) is 0 Å². The van der Waals surface area contributed by atoms with Crippen LogP contribution in [0.5, 0.6) is 0 Å². The molecule has 6 heteroatoms. The third kappa shape index (κ3) is 184. The van der Waals surface area contributed by atoms with Crippen molar-refractivity contribution in [2.75, 3.05) is 0 Å². The van der Waals surface area contributed by atoms with Crippen molar-refractivity contribution in [3.05, 3.63) is 0 Å². The van der Waals surface area contributed by atoms with Crippen molar-refractivity contribution < 1.29 is 35.9 Å². The Morgan fingerprint density at radius 2 is 0.833 bits per heavy atom. The van der Waals surface area contributed by atoms with E-state index in [0.29, 0.717) is 0 Å². The molecule has 0 rings (SSSR count). The van der Waals surface area contributed by atoms with Gasteiger partial charge >= 0.3 is 9.41 Å². The van der Waals surface area contributed by atoms with Crippen LogP contribution >= 0.6 is 0 Å². The molecule has 34 valence electrons. The number of halogens is 4. The van der Waals surface area contributed by atoms with Crippen LogP contribution in [0.4, 0.5) is 16.4 Å². The second kappa shape index (κ2) is 2.69. The Bertz CT molecular complexity index is 23.0. The van der Waals surface area contributed by atoms with Crippen molar-refractivity contribution in [1.29, 1.82) is 0 Å². The van der Waals surface area contributed by atoms with Gasteiger partial charge in [-0.2, -0.15) is 0 Å². The molecule has 0 unspecified atom stereocenters. The van der Waals surface area contributed by atoms with Crippen LogP contribution in [-0.4, -0.2) is 9.41 Å². The first-order valence-corrected chi connectivity index (χ1v) is 2.27. The molecule has 0 bridgehead atoms. The van der Waals surface area contributed by atoms with E-state index in [1.807, 2.05) is 0 Å². The van der Waals surface area contributed by atoms with Crippen molar-refractivity contribution >= 4 is 9.41 Å². The first-order valence-electron chi connectivity index (χ1n) is 0.756. The van der Waals surface area contributed by atoms with Crippen LogP contribution in [0.25, 0.3) is 0 Å². The minimum Gasteiger partial charge on any atom is -0.211 e. The van der Waals surface area contributed by atoms with Crippen molar-refractivity contribution in [2.45, 2.75) is 0 Å². The second-order valence-corrected chi connectivity index (χ2v) is 1.29. The summed E-state index contributed by atoms with van der Waals surface area (Å²) in [6.45, 7) is 0. The van der Waals surface area contributed by atoms with Crippen LogP contribution in [0.15, 0.2) is 0 Å². The minimum atomic E-state index is -6.61. The van der Waals surface area contributed by atoms with Crippen LogP contribution in [0.1, 0.15) is 0 Å². The van der Waals surface area contributed by atoms with E-state index in [1.165, 1.54) is 0 Å². The maximum Gasteiger partial charge on any atom is 0.844 e. The molecule has 0 saturated heterocycles. The predicted octanol–water partition coefficient (Wildman–Crippen LogP) is 1.30. The average molecular weight is 169 g/mol. The average Bonchev–Trinajstić information content (AvgIpc) is 0.722. The Morgan fingerprint density at radius 1 is 0.833 bits per heavy atom. The van der Waals surface area contributed by atoms with Crippen molar-refractivity contribution in [2.24, 2.45) is 0 Å². The summed E-state index contributed by atoms with van der Waals surface area (Å²) in [6, 6.07) is 0. The van der Waals surface area contributed by atoms with Gasteiger partial charge < -0.3 is 0 Å². The zero-order valence-corrected chi connectivity index (χ0v) is 6.69. The van der Waals surface area contributed by atoms with Crippen molar-refractivity contribution in [3.63, 3.8) is 0 Å². The first-order chi connectivity index (χ1) is 2.00. The molecule has 0 heterocycles. The molecule has 0 nitrogen and oxygen atoms in total. The van der Waals surface area contributed by atoms with E-state index in [-0.39, 0.29) is 19.5 Å². The molecule has 0 radical (unpaired) electrons. The fourth-order valence-electron chi connectivity index (χ4n) is 0. The first kappa shape index (κ1) is 9.75. The van der Waals surface area contributed by atoms with Gasteiger partial charge in [0.25, 0.3) is 0 Å². The molecule has 0 N–H and O–H groups in total. The molecule has 0 aromatic carbocycles. The standard InChI is InChI=1S/F4Si.Zn/c1-5(2,3)4;. The zero-order chi connectivity index (χ0) is 4.50. The van der Waals surface area contributed by atoms with Crippen LogP contribution in [0.2, 0.25) is 0 Å². The molecular weight excluding hydrogens is 169 g/mol. The molecule has 0 spiro atoms. The molecule has 0 aromatic rings. The molecule has 6 heavy (non-hydrogen) atoms. The Hall–Kier alpha value is 0.560. The smallest absolute Gasteiger partial charge is 0.211 e. The van der Waals surface area contributed by atoms with Crippen LogP contribution in [0.3, 0.4) is 0 Å². The van der Waals surface area contributed by atoms with Gasteiger partial charge in [-0.1, -0.05) is 0 Å². The molecule has 0 aliphatic rings. The molecule has 0 atom stereocenters. The second-order valence-electron chi connectivity index (χ2n) is 0.429. The van der Waals surface area contributed by atoms with Gasteiger partial charge in [0.2, 0.25) is 0 Å². The summed E-state index contributed by atoms with van der Waals surface area (Å²) >= 11 is 0. The Labute approximate surface area is 46.0 Å². The Morgan fingerprint density at radius 3 is 0.833 bits per heavy atom. The minimum absolute atomic E-state index is 0. The normalized spacial score (nSPS) is 10.0. The van der Waals surface area contributed by atoms with Gasteiger partial charge in [0.05, 0.1) is 0 Å². The topological polar surface area (TPSA) is 0 Å². The van der Waals surface area contributed by atoms with E-state index in [4.69, 9.17) is 0 Å². The molecule has 0 saturated carbocycles. The maximum absolute atomic E-state index is 9.83. The van der Waals surface area contributed by atoms with Gasteiger partial charge in [0.1, 0.15) is 0 Å². The molecule has 0 aromatic heterocycles. The van der Waals surface area contributed by atoms with Gasteiger partial charge in [-0.25, -0.2) is 16.4 Å². The third-order valence-electron chi connectivity index (χ3n) is 0. The fourth-order valence-corrected chi connectivity index (χ4v) is 0. The van der Waals surface area contributed by atoms with E-state index in [1.54, 1.807) is 0 Å². The molecule has 0 aliphatic carbocycles. The summed E-state index contributed by atoms with van der Waals surface area (Å²) in [7, 11) is -6.61. The van der Waals surface area contributed by atoms with Gasteiger partial charge in [0, 0.05) is 19.5 Å². The quantitative estimate of drug-likeness (QED) is 0.291. The zero-order valence-electron chi connectivity index (χ0n) is 2.72. The largest absolute Gasteiger partial charge is 0.844 e. The molecular formula is F4SiZn. The van der Waals surface area contributed by atoms with Crippen molar-refractivity contribution in [3.8, 4) is 0 Å². The van der Waals surface area contributed by atoms with Crippen LogP contribution in [-0.2, 0) is 19.5 Å². The number of rotatable bonds is 0. The molecule has 0 aliphatic heterocycles. The SMILES string of the molecule is F[Si](F)(F)F.[Zn]. The van der Waals surface area contributed by atoms with E-state index in [2.05, 4.69) is 0 Å². The Balaban J connectivity index is 0. The predicted molar refractivity (Wildman–Crippen MR) is 10.2 cm³/mol. The van der Waals surface area contributed by atoms with E-state index >= 15 is 0 Å². The molecule has 0 amide bonds. The maximum atomic E-state index is 9.83. The summed E-state index contributed by atoms with van der Waals surface area (Å²) < 4.78 is 39.3. The van der Waals surface area contributed by atoms with E-state index in [0.717, 1.165) is 0 Å². The summed E-state index contributed by atoms with van der Waals surface area (Å²) in [5, 5.41) is 0.